The van der Waals surface area contributed by atoms with Gasteiger partial charge in [0.2, 0.25) is 0 Å². The van der Waals surface area contributed by atoms with Gasteiger partial charge in [0.05, 0.1) is 16.9 Å². The van der Waals surface area contributed by atoms with Gasteiger partial charge < -0.3 is 5.11 Å². The third kappa shape index (κ3) is 2.26. The normalized spacial score (nSPS) is 11.1. The van der Waals surface area contributed by atoms with E-state index in [0.29, 0.717) is 5.75 Å². The molecule has 0 atom stereocenters. The Morgan fingerprint density at radius 3 is 2.17 bits per heavy atom. The molecule has 0 saturated carbocycles. The number of phenols is 1. The van der Waals surface area contributed by atoms with E-state index < -0.39 is 0 Å². The Labute approximate surface area is 140 Å². The highest BCUT2D eigenvalue weighted by molar-refractivity contribution is 5.94. The molecule has 1 N–H and O–H groups in total. The number of hydrogen-bond acceptors (Lipinski definition) is 2. The third-order valence-corrected chi connectivity index (χ3v) is 4.35. The van der Waals surface area contributed by atoms with Crippen molar-refractivity contribution >= 4 is 10.9 Å². The summed E-state index contributed by atoms with van der Waals surface area (Å²) in [7, 11) is 0. The zero-order chi connectivity index (χ0) is 16.7. The number of aromatic nitrogens is 2. The molecule has 0 aliphatic carbocycles. The number of rotatable bonds is 2. The fourth-order valence-electron chi connectivity index (χ4n) is 3.15. The van der Waals surface area contributed by atoms with Crippen LogP contribution in [0, 0.1) is 13.8 Å². The highest BCUT2D eigenvalue weighted by Crippen LogP contribution is 2.33. The van der Waals surface area contributed by atoms with Gasteiger partial charge in [0, 0.05) is 10.9 Å². The molecular weight excluding hydrogens is 296 g/mol. The van der Waals surface area contributed by atoms with E-state index in [2.05, 4.69) is 18.2 Å². The molecule has 0 unspecified atom stereocenters. The molecule has 1 aromatic heterocycles. The lowest BCUT2D eigenvalue weighted by Gasteiger charge is -2.11. The summed E-state index contributed by atoms with van der Waals surface area (Å²) in [6, 6.07) is 22.4. The molecule has 0 fully saturated rings. The minimum atomic E-state index is 0.344. The maximum absolute atomic E-state index is 10.1. The van der Waals surface area contributed by atoms with Crippen LogP contribution < -0.4 is 0 Å². The number of aromatic hydroxyl groups is 1. The van der Waals surface area contributed by atoms with Gasteiger partial charge in [-0.15, -0.1) is 0 Å². The van der Waals surface area contributed by atoms with Crippen molar-refractivity contribution in [2.45, 2.75) is 13.8 Å². The fourth-order valence-corrected chi connectivity index (χ4v) is 3.15. The summed E-state index contributed by atoms with van der Waals surface area (Å²) in [5, 5.41) is 16.0. The lowest BCUT2D eigenvalue weighted by molar-refractivity contribution is 0.466. The average molecular weight is 314 g/mol. The molecule has 3 nitrogen and oxygen atoms in total. The molecule has 3 heteroatoms. The van der Waals surface area contributed by atoms with E-state index >= 15 is 0 Å². The topological polar surface area (TPSA) is 38.0 Å². The number of fused-ring (bicyclic) bond motifs is 1. The summed E-state index contributed by atoms with van der Waals surface area (Å²) in [6.07, 6.45) is 0. The van der Waals surface area contributed by atoms with Crippen molar-refractivity contribution in [3.05, 3.63) is 77.9 Å². The molecule has 4 aromatic rings. The van der Waals surface area contributed by atoms with Gasteiger partial charge in [-0.05, 0) is 43.2 Å². The first-order valence-electron chi connectivity index (χ1n) is 7.99. The van der Waals surface area contributed by atoms with Crippen molar-refractivity contribution in [1.29, 1.82) is 0 Å². The van der Waals surface area contributed by atoms with Gasteiger partial charge in [0.15, 0.2) is 0 Å². The Kier molecular flexibility index (Phi) is 3.35. The fraction of sp³-hybridized carbons (Fsp3) is 0.0952. The largest absolute Gasteiger partial charge is 0.507 e. The van der Waals surface area contributed by atoms with Crippen LogP contribution in [0.5, 0.6) is 5.75 Å². The van der Waals surface area contributed by atoms with Gasteiger partial charge >= 0.3 is 0 Å². The van der Waals surface area contributed by atoms with Crippen molar-refractivity contribution in [2.75, 3.05) is 0 Å². The second kappa shape index (κ2) is 5.53. The first-order valence-corrected chi connectivity index (χ1v) is 7.99. The lowest BCUT2D eigenvalue weighted by atomic mass is 10.1. The molecule has 0 bridgehead atoms. The molecule has 24 heavy (non-hydrogen) atoms. The SMILES string of the molecule is Cc1cc(-n2nc3ccccc3c2-c2ccccc2)cc(C)c1O. The van der Waals surface area contributed by atoms with Crippen molar-refractivity contribution < 1.29 is 5.11 Å². The Bertz CT molecular complexity index is 1010. The van der Waals surface area contributed by atoms with Gasteiger partial charge in [-0.3, -0.25) is 0 Å². The van der Waals surface area contributed by atoms with E-state index in [4.69, 9.17) is 5.10 Å². The van der Waals surface area contributed by atoms with Crippen LogP contribution in [0.15, 0.2) is 66.7 Å². The Balaban J connectivity index is 2.06. The van der Waals surface area contributed by atoms with Crippen LogP contribution in [0.3, 0.4) is 0 Å². The first-order chi connectivity index (χ1) is 11.6. The summed E-state index contributed by atoms with van der Waals surface area (Å²) in [5.41, 5.74) is 5.80. The summed E-state index contributed by atoms with van der Waals surface area (Å²) >= 11 is 0. The Hall–Kier alpha value is -3.07. The van der Waals surface area contributed by atoms with Gasteiger partial charge in [-0.2, -0.15) is 5.10 Å². The summed E-state index contributed by atoms with van der Waals surface area (Å²) in [4.78, 5) is 0. The molecule has 118 valence electrons. The van der Waals surface area contributed by atoms with Crippen molar-refractivity contribution in [2.24, 2.45) is 0 Å². The van der Waals surface area contributed by atoms with Crippen LogP contribution in [0.1, 0.15) is 11.1 Å². The summed E-state index contributed by atoms with van der Waals surface area (Å²) < 4.78 is 1.97. The average Bonchev–Trinajstić information content (AvgIpc) is 2.99. The summed E-state index contributed by atoms with van der Waals surface area (Å²) in [6.45, 7) is 3.83. The quantitative estimate of drug-likeness (QED) is 0.564. The molecule has 1 heterocycles. The van der Waals surface area contributed by atoms with E-state index in [1.807, 2.05) is 67.1 Å². The second-order valence-electron chi connectivity index (χ2n) is 6.07. The zero-order valence-corrected chi connectivity index (χ0v) is 13.7. The molecular formula is C21H18N2O. The van der Waals surface area contributed by atoms with E-state index in [0.717, 1.165) is 39.0 Å². The monoisotopic (exact) mass is 314 g/mol. The van der Waals surface area contributed by atoms with Gasteiger partial charge in [0.25, 0.3) is 0 Å². The number of nitrogens with zero attached hydrogens (tertiary/aromatic N) is 2. The molecule has 0 aliphatic rings. The number of benzene rings is 3. The van der Waals surface area contributed by atoms with Crippen LogP contribution in [0.25, 0.3) is 27.8 Å². The van der Waals surface area contributed by atoms with Gasteiger partial charge in [-0.1, -0.05) is 48.5 Å². The predicted octanol–water partition coefficient (Wildman–Crippen LogP) is 5.01. The van der Waals surface area contributed by atoms with E-state index in [-0.39, 0.29) is 0 Å². The van der Waals surface area contributed by atoms with Crippen LogP contribution in [0.2, 0.25) is 0 Å². The van der Waals surface area contributed by atoms with Crippen molar-refractivity contribution in [3.8, 4) is 22.7 Å². The zero-order valence-electron chi connectivity index (χ0n) is 13.7. The smallest absolute Gasteiger partial charge is 0.121 e. The number of hydrogen-bond donors (Lipinski definition) is 1. The summed E-state index contributed by atoms with van der Waals surface area (Å²) in [5.74, 6) is 0.344. The number of phenolic OH excluding ortho intramolecular Hbond substituents is 1. The van der Waals surface area contributed by atoms with Crippen LogP contribution in [0.4, 0.5) is 0 Å². The van der Waals surface area contributed by atoms with E-state index in [1.54, 1.807) is 0 Å². The molecule has 0 saturated heterocycles. The highest BCUT2D eigenvalue weighted by Gasteiger charge is 2.15. The van der Waals surface area contributed by atoms with E-state index in [9.17, 15) is 5.11 Å². The maximum Gasteiger partial charge on any atom is 0.121 e. The Morgan fingerprint density at radius 2 is 1.46 bits per heavy atom. The molecule has 3 aromatic carbocycles. The molecule has 0 aliphatic heterocycles. The third-order valence-electron chi connectivity index (χ3n) is 4.35. The van der Waals surface area contributed by atoms with Gasteiger partial charge in [-0.25, -0.2) is 4.68 Å². The van der Waals surface area contributed by atoms with E-state index in [1.165, 1.54) is 0 Å². The first kappa shape index (κ1) is 14.5. The van der Waals surface area contributed by atoms with Crippen LogP contribution >= 0.6 is 0 Å². The second-order valence-corrected chi connectivity index (χ2v) is 6.07. The highest BCUT2D eigenvalue weighted by atomic mass is 16.3. The minimum absolute atomic E-state index is 0.344. The van der Waals surface area contributed by atoms with Gasteiger partial charge in [0.1, 0.15) is 5.75 Å². The number of aryl methyl sites for hydroxylation is 2. The maximum atomic E-state index is 10.1. The molecule has 0 spiro atoms. The Morgan fingerprint density at radius 1 is 0.833 bits per heavy atom. The minimum Gasteiger partial charge on any atom is -0.507 e. The van der Waals surface area contributed by atoms with Crippen molar-refractivity contribution in [1.82, 2.24) is 9.78 Å². The molecule has 4 rings (SSSR count). The lowest BCUT2D eigenvalue weighted by Crippen LogP contribution is -2.00. The predicted molar refractivity (Wildman–Crippen MR) is 97.6 cm³/mol. The van der Waals surface area contributed by atoms with Crippen LogP contribution in [-0.4, -0.2) is 14.9 Å². The standard InChI is InChI=1S/C21H18N2O/c1-14-12-17(13-15(2)21(14)24)23-20(16-8-4-3-5-9-16)18-10-6-7-11-19(18)22-23/h3-13,24H,1-2H3. The molecule has 0 radical (unpaired) electrons. The van der Waals surface area contributed by atoms with Crippen LogP contribution in [-0.2, 0) is 0 Å². The van der Waals surface area contributed by atoms with Crippen molar-refractivity contribution in [3.63, 3.8) is 0 Å². The molecule has 0 amide bonds.